The van der Waals surface area contributed by atoms with Gasteiger partial charge in [-0.2, -0.15) is 0 Å². The Balaban J connectivity index is 1.83. The molecule has 1 amide bonds. The van der Waals surface area contributed by atoms with Crippen LogP contribution in [-0.2, 0) is 0 Å². The summed E-state index contributed by atoms with van der Waals surface area (Å²) in [5.41, 5.74) is 1.77. The molecule has 27 heavy (non-hydrogen) atoms. The fourth-order valence-electron chi connectivity index (χ4n) is 2.59. The van der Waals surface area contributed by atoms with Gasteiger partial charge in [-0.05, 0) is 37.6 Å². The molecule has 0 aliphatic heterocycles. The van der Waals surface area contributed by atoms with Crippen LogP contribution in [0.4, 0.5) is 13.2 Å². The molecule has 2 N–H and O–H groups in total. The van der Waals surface area contributed by atoms with Crippen molar-refractivity contribution >= 4 is 16.9 Å². The Bertz CT molecular complexity index is 1040. The van der Waals surface area contributed by atoms with Crippen LogP contribution in [0.3, 0.4) is 0 Å². The van der Waals surface area contributed by atoms with Crippen LogP contribution >= 0.6 is 0 Å². The second-order valence-electron chi connectivity index (χ2n) is 6.11. The highest BCUT2D eigenvalue weighted by Crippen LogP contribution is 2.20. The van der Waals surface area contributed by atoms with Crippen LogP contribution in [0, 0.1) is 31.3 Å². The minimum Gasteiger partial charge on any atom is -0.387 e. The number of aromatic nitrogens is 2. The van der Waals surface area contributed by atoms with Gasteiger partial charge in [-0.3, -0.25) is 4.79 Å². The minimum absolute atomic E-state index is 0.0295. The Morgan fingerprint density at radius 3 is 2.48 bits per heavy atom. The Morgan fingerprint density at radius 2 is 1.78 bits per heavy atom. The highest BCUT2D eigenvalue weighted by molar-refractivity contribution is 6.04. The molecule has 0 aliphatic rings. The average Bonchev–Trinajstić information content (AvgIpc) is 2.62. The van der Waals surface area contributed by atoms with E-state index in [1.54, 1.807) is 13.8 Å². The van der Waals surface area contributed by atoms with Gasteiger partial charge in [0.05, 0.1) is 28.6 Å². The molecule has 1 aromatic heterocycles. The summed E-state index contributed by atoms with van der Waals surface area (Å²) in [7, 11) is 0. The first-order valence-electron chi connectivity index (χ1n) is 8.12. The number of halogens is 3. The summed E-state index contributed by atoms with van der Waals surface area (Å²) in [6, 6.07) is 5.16. The third-order valence-electron chi connectivity index (χ3n) is 4.17. The van der Waals surface area contributed by atoms with Crippen molar-refractivity contribution in [2.45, 2.75) is 20.0 Å². The lowest BCUT2D eigenvalue weighted by atomic mass is 10.1. The fraction of sp³-hybridized carbons (Fsp3) is 0.211. The first-order chi connectivity index (χ1) is 12.8. The molecule has 5 nitrogen and oxygen atoms in total. The lowest BCUT2D eigenvalue weighted by molar-refractivity contribution is 0.0917. The molecular formula is C19H16F3N3O2. The maximum atomic E-state index is 13.9. The van der Waals surface area contributed by atoms with Crippen LogP contribution in [0.5, 0.6) is 0 Å². The van der Waals surface area contributed by atoms with Crippen LogP contribution in [0.25, 0.3) is 11.0 Å². The Morgan fingerprint density at radius 1 is 1.07 bits per heavy atom. The van der Waals surface area contributed by atoms with Crippen molar-refractivity contribution in [2.24, 2.45) is 0 Å². The van der Waals surface area contributed by atoms with E-state index in [-0.39, 0.29) is 28.7 Å². The number of carbonyl (C=O) groups is 1. The van der Waals surface area contributed by atoms with E-state index in [0.717, 1.165) is 18.2 Å². The summed E-state index contributed by atoms with van der Waals surface area (Å²) in [5, 5.41) is 12.5. The van der Waals surface area contributed by atoms with E-state index < -0.39 is 29.5 Å². The lowest BCUT2D eigenvalue weighted by Crippen LogP contribution is -2.29. The highest BCUT2D eigenvalue weighted by Gasteiger charge is 2.17. The van der Waals surface area contributed by atoms with Gasteiger partial charge in [0.1, 0.15) is 11.3 Å². The van der Waals surface area contributed by atoms with Gasteiger partial charge in [0.2, 0.25) is 0 Å². The van der Waals surface area contributed by atoms with Crippen LogP contribution in [0.1, 0.15) is 33.4 Å². The standard InChI is InChI=1S/C19H16F3N3O2/c1-9-10(2)25-18-13(6-12(20)7-16(18)24-9)19(27)23-8-17(26)11-3-4-14(21)15(22)5-11/h3-7,17,26H,8H2,1-2H3,(H,23,27)/t17-/m0/s1. The predicted octanol–water partition coefficient (Wildman–Crippen LogP) is 3.13. The molecular weight excluding hydrogens is 359 g/mol. The number of carbonyl (C=O) groups excluding carboxylic acids is 1. The Kier molecular flexibility index (Phi) is 5.09. The first kappa shape index (κ1) is 18.8. The Labute approximate surface area is 152 Å². The topological polar surface area (TPSA) is 75.1 Å². The lowest BCUT2D eigenvalue weighted by Gasteiger charge is -2.13. The zero-order valence-corrected chi connectivity index (χ0v) is 14.6. The zero-order chi connectivity index (χ0) is 19.7. The molecule has 3 rings (SSSR count). The van der Waals surface area contributed by atoms with Crippen molar-refractivity contribution in [3.63, 3.8) is 0 Å². The largest absolute Gasteiger partial charge is 0.387 e. The van der Waals surface area contributed by atoms with Crippen molar-refractivity contribution in [1.29, 1.82) is 0 Å². The molecule has 0 spiro atoms. The van der Waals surface area contributed by atoms with Crippen molar-refractivity contribution in [3.8, 4) is 0 Å². The molecule has 0 saturated carbocycles. The van der Waals surface area contributed by atoms with Crippen molar-refractivity contribution < 1.29 is 23.1 Å². The quantitative estimate of drug-likeness (QED) is 0.735. The molecule has 3 aromatic rings. The summed E-state index contributed by atoms with van der Waals surface area (Å²) in [5.74, 6) is -3.45. The smallest absolute Gasteiger partial charge is 0.253 e. The molecule has 140 valence electrons. The van der Waals surface area contributed by atoms with E-state index in [1.807, 2.05) is 0 Å². The van der Waals surface area contributed by atoms with Crippen molar-refractivity contribution in [2.75, 3.05) is 6.54 Å². The number of nitrogens with one attached hydrogen (secondary N) is 1. The Hall–Kier alpha value is -3.00. The maximum absolute atomic E-state index is 13.9. The summed E-state index contributed by atoms with van der Waals surface area (Å²) < 4.78 is 40.1. The number of aryl methyl sites for hydroxylation is 2. The number of rotatable bonds is 4. The van der Waals surface area contributed by atoms with E-state index in [2.05, 4.69) is 15.3 Å². The molecule has 0 radical (unpaired) electrons. The number of nitrogens with zero attached hydrogens (tertiary/aromatic N) is 2. The van der Waals surface area contributed by atoms with Gasteiger partial charge in [0.25, 0.3) is 5.91 Å². The molecule has 2 aromatic carbocycles. The fourth-order valence-corrected chi connectivity index (χ4v) is 2.59. The van der Waals surface area contributed by atoms with Crippen LogP contribution in [-0.4, -0.2) is 27.5 Å². The molecule has 1 heterocycles. The van der Waals surface area contributed by atoms with E-state index in [4.69, 9.17) is 0 Å². The number of hydrogen-bond acceptors (Lipinski definition) is 4. The molecule has 8 heteroatoms. The van der Waals surface area contributed by atoms with Gasteiger partial charge in [-0.15, -0.1) is 0 Å². The third-order valence-corrected chi connectivity index (χ3v) is 4.17. The minimum atomic E-state index is -1.26. The first-order valence-corrected chi connectivity index (χ1v) is 8.12. The molecule has 0 saturated heterocycles. The van der Waals surface area contributed by atoms with Gasteiger partial charge in [0, 0.05) is 12.6 Å². The SMILES string of the molecule is Cc1nc2cc(F)cc(C(=O)NC[C@H](O)c3ccc(F)c(F)c3)c2nc1C. The maximum Gasteiger partial charge on any atom is 0.253 e. The third kappa shape index (κ3) is 3.90. The predicted molar refractivity (Wildman–Crippen MR) is 92.6 cm³/mol. The summed E-state index contributed by atoms with van der Waals surface area (Å²) in [6.07, 6.45) is -1.26. The molecule has 0 aliphatic carbocycles. The van der Waals surface area contributed by atoms with Crippen molar-refractivity contribution in [3.05, 3.63) is 70.3 Å². The molecule has 0 bridgehead atoms. The highest BCUT2D eigenvalue weighted by atomic mass is 19.2. The number of hydrogen-bond donors (Lipinski definition) is 2. The van der Waals surface area contributed by atoms with Gasteiger partial charge in [-0.25, -0.2) is 23.1 Å². The normalized spacial score (nSPS) is 12.2. The zero-order valence-electron chi connectivity index (χ0n) is 14.6. The second-order valence-corrected chi connectivity index (χ2v) is 6.11. The number of aliphatic hydroxyl groups excluding tert-OH is 1. The van der Waals surface area contributed by atoms with Crippen LogP contribution < -0.4 is 5.32 Å². The second kappa shape index (κ2) is 7.32. The monoisotopic (exact) mass is 375 g/mol. The van der Waals surface area contributed by atoms with E-state index in [0.29, 0.717) is 11.4 Å². The van der Waals surface area contributed by atoms with Gasteiger partial charge in [-0.1, -0.05) is 6.07 Å². The number of amides is 1. The molecule has 1 atom stereocenters. The van der Waals surface area contributed by atoms with Crippen molar-refractivity contribution in [1.82, 2.24) is 15.3 Å². The summed E-state index contributed by atoms with van der Waals surface area (Å²) in [6.45, 7) is 3.17. The van der Waals surface area contributed by atoms with E-state index >= 15 is 0 Å². The molecule has 0 unspecified atom stereocenters. The van der Waals surface area contributed by atoms with E-state index in [1.165, 1.54) is 12.1 Å². The number of benzene rings is 2. The molecule has 0 fully saturated rings. The summed E-state index contributed by atoms with van der Waals surface area (Å²) in [4.78, 5) is 21.0. The van der Waals surface area contributed by atoms with Crippen LogP contribution in [0.2, 0.25) is 0 Å². The average molecular weight is 375 g/mol. The van der Waals surface area contributed by atoms with Crippen LogP contribution in [0.15, 0.2) is 30.3 Å². The van der Waals surface area contributed by atoms with Gasteiger partial charge < -0.3 is 10.4 Å². The van der Waals surface area contributed by atoms with Gasteiger partial charge in [0.15, 0.2) is 11.6 Å². The summed E-state index contributed by atoms with van der Waals surface area (Å²) >= 11 is 0. The number of fused-ring (bicyclic) bond motifs is 1. The van der Waals surface area contributed by atoms with E-state index in [9.17, 15) is 23.1 Å². The number of aliphatic hydroxyl groups is 1. The van der Waals surface area contributed by atoms with Gasteiger partial charge >= 0.3 is 0 Å².